The van der Waals surface area contributed by atoms with Gasteiger partial charge in [-0.05, 0) is 41.0 Å². The molecule has 0 spiro atoms. The molecule has 1 aromatic heterocycles. The molecule has 1 heterocycles. The molecule has 22 heavy (non-hydrogen) atoms. The summed E-state index contributed by atoms with van der Waals surface area (Å²) >= 11 is 0. The molecule has 0 fully saturated rings. The Bertz CT molecular complexity index is 665. The van der Waals surface area contributed by atoms with Crippen LogP contribution in [-0.2, 0) is 17.9 Å². The topological polar surface area (TPSA) is 38.1 Å². The lowest BCUT2D eigenvalue weighted by molar-refractivity contribution is 0.471. The number of aromatic nitrogens is 2. The van der Waals surface area contributed by atoms with Gasteiger partial charge in [-0.25, -0.2) is 0 Å². The van der Waals surface area contributed by atoms with Crippen LogP contribution in [0.4, 0.5) is 0 Å². The highest BCUT2D eigenvalue weighted by molar-refractivity contribution is 5.69. The van der Waals surface area contributed by atoms with Crippen LogP contribution in [0, 0.1) is 6.92 Å². The van der Waals surface area contributed by atoms with Crippen LogP contribution in [0.5, 0.6) is 5.75 Å². The molecule has 0 amide bonds. The van der Waals surface area contributed by atoms with Gasteiger partial charge in [0, 0.05) is 12.6 Å². The first-order valence-electron chi connectivity index (χ1n) is 7.80. The van der Waals surface area contributed by atoms with Gasteiger partial charge in [0.25, 0.3) is 0 Å². The number of aromatic hydroxyl groups is 1. The Morgan fingerprint density at radius 3 is 1.68 bits per heavy atom. The molecule has 0 aliphatic carbocycles. The van der Waals surface area contributed by atoms with Crippen molar-refractivity contribution in [1.29, 1.82) is 0 Å². The molecule has 0 atom stereocenters. The second-order valence-corrected chi connectivity index (χ2v) is 8.21. The van der Waals surface area contributed by atoms with Gasteiger partial charge in [0.05, 0.1) is 5.69 Å². The third-order valence-corrected chi connectivity index (χ3v) is 4.24. The number of hydrogen-bond acceptors (Lipinski definition) is 2. The van der Waals surface area contributed by atoms with Crippen LogP contribution in [-0.4, -0.2) is 14.9 Å². The summed E-state index contributed by atoms with van der Waals surface area (Å²) in [5.41, 5.74) is 5.06. The lowest BCUT2D eigenvalue weighted by atomic mass is 9.79. The van der Waals surface area contributed by atoms with Gasteiger partial charge in [-0.2, -0.15) is 5.10 Å². The summed E-state index contributed by atoms with van der Waals surface area (Å²) in [6.45, 7) is 15.1. The van der Waals surface area contributed by atoms with E-state index in [-0.39, 0.29) is 16.6 Å². The standard InChI is InChI=1S/C19H28N2O/c1-12-17(22)16(20-21(12)8)13-9-14(18(2,3)4)11-15(10-13)19(5,6)7/h9-11,22H,1-8H3. The first-order chi connectivity index (χ1) is 9.91. The van der Waals surface area contributed by atoms with Crippen molar-refractivity contribution in [2.75, 3.05) is 0 Å². The Morgan fingerprint density at radius 2 is 1.36 bits per heavy atom. The van der Waals surface area contributed by atoms with Crippen LogP contribution in [0.25, 0.3) is 11.3 Å². The van der Waals surface area contributed by atoms with E-state index in [1.165, 1.54) is 11.1 Å². The summed E-state index contributed by atoms with van der Waals surface area (Å²) in [5, 5.41) is 14.9. The number of nitrogens with zero attached hydrogens (tertiary/aromatic N) is 2. The summed E-state index contributed by atoms with van der Waals surface area (Å²) in [7, 11) is 1.86. The maximum atomic E-state index is 10.4. The Morgan fingerprint density at radius 1 is 0.909 bits per heavy atom. The minimum Gasteiger partial charge on any atom is -0.504 e. The fraction of sp³-hybridized carbons (Fsp3) is 0.526. The molecule has 0 aliphatic rings. The molecule has 3 heteroatoms. The van der Waals surface area contributed by atoms with Gasteiger partial charge >= 0.3 is 0 Å². The van der Waals surface area contributed by atoms with Crippen LogP contribution in [0.15, 0.2) is 18.2 Å². The fourth-order valence-corrected chi connectivity index (χ4v) is 2.42. The molecule has 2 aromatic rings. The monoisotopic (exact) mass is 300 g/mol. The molecule has 2 rings (SSSR count). The molecule has 0 radical (unpaired) electrons. The Kier molecular flexibility index (Phi) is 3.88. The Hall–Kier alpha value is -1.77. The summed E-state index contributed by atoms with van der Waals surface area (Å²) < 4.78 is 1.73. The normalized spacial score (nSPS) is 12.7. The average Bonchev–Trinajstić information content (AvgIpc) is 2.64. The van der Waals surface area contributed by atoms with Crippen LogP contribution < -0.4 is 0 Å². The third kappa shape index (κ3) is 3.03. The van der Waals surface area contributed by atoms with Crippen molar-refractivity contribution in [3.63, 3.8) is 0 Å². The minimum atomic E-state index is 0.0510. The number of rotatable bonds is 1. The summed E-state index contributed by atoms with van der Waals surface area (Å²) in [6, 6.07) is 6.57. The van der Waals surface area contributed by atoms with E-state index in [1.807, 2.05) is 14.0 Å². The first kappa shape index (κ1) is 16.6. The largest absolute Gasteiger partial charge is 0.504 e. The van der Waals surface area contributed by atoms with E-state index in [0.29, 0.717) is 5.69 Å². The summed E-state index contributed by atoms with van der Waals surface area (Å²) in [5.74, 6) is 0.272. The maximum absolute atomic E-state index is 10.4. The van der Waals surface area contributed by atoms with E-state index in [9.17, 15) is 5.11 Å². The van der Waals surface area contributed by atoms with Crippen LogP contribution >= 0.6 is 0 Å². The van der Waals surface area contributed by atoms with Gasteiger partial charge in [-0.1, -0.05) is 47.6 Å². The first-order valence-corrected chi connectivity index (χ1v) is 7.80. The van der Waals surface area contributed by atoms with E-state index in [1.54, 1.807) is 4.68 Å². The van der Waals surface area contributed by atoms with Gasteiger partial charge in [-0.3, -0.25) is 4.68 Å². The molecule has 0 saturated heterocycles. The van der Waals surface area contributed by atoms with E-state index in [0.717, 1.165) is 11.3 Å². The number of hydrogen-bond donors (Lipinski definition) is 1. The summed E-state index contributed by atoms with van der Waals surface area (Å²) in [6.07, 6.45) is 0. The molecule has 0 saturated carbocycles. The zero-order valence-corrected chi connectivity index (χ0v) is 15.1. The number of benzene rings is 1. The zero-order chi connectivity index (χ0) is 16.9. The summed E-state index contributed by atoms with van der Waals surface area (Å²) in [4.78, 5) is 0. The number of aryl methyl sites for hydroxylation is 1. The van der Waals surface area contributed by atoms with E-state index in [2.05, 4.69) is 64.8 Å². The van der Waals surface area contributed by atoms with Crippen molar-refractivity contribution in [1.82, 2.24) is 9.78 Å². The highest BCUT2D eigenvalue weighted by Gasteiger charge is 2.23. The van der Waals surface area contributed by atoms with Crippen molar-refractivity contribution >= 4 is 0 Å². The van der Waals surface area contributed by atoms with E-state index >= 15 is 0 Å². The third-order valence-electron chi connectivity index (χ3n) is 4.24. The minimum absolute atomic E-state index is 0.0510. The Balaban J connectivity index is 2.73. The van der Waals surface area contributed by atoms with Crippen molar-refractivity contribution in [2.24, 2.45) is 7.05 Å². The van der Waals surface area contributed by atoms with Gasteiger partial charge in [0.2, 0.25) is 0 Å². The lowest BCUT2D eigenvalue weighted by Crippen LogP contribution is -2.16. The molecule has 1 N–H and O–H groups in total. The zero-order valence-electron chi connectivity index (χ0n) is 15.1. The van der Waals surface area contributed by atoms with Crippen LogP contribution in [0.2, 0.25) is 0 Å². The van der Waals surface area contributed by atoms with Gasteiger partial charge in [0.1, 0.15) is 5.69 Å². The predicted molar refractivity (Wildman–Crippen MR) is 92.4 cm³/mol. The molecule has 1 aromatic carbocycles. The highest BCUT2D eigenvalue weighted by Crippen LogP contribution is 2.37. The van der Waals surface area contributed by atoms with Crippen molar-refractivity contribution in [3.05, 3.63) is 35.0 Å². The molecule has 3 nitrogen and oxygen atoms in total. The SMILES string of the molecule is Cc1c(O)c(-c2cc(C(C)(C)C)cc(C(C)(C)C)c2)nn1C. The van der Waals surface area contributed by atoms with Crippen LogP contribution in [0.3, 0.4) is 0 Å². The van der Waals surface area contributed by atoms with Crippen molar-refractivity contribution in [2.45, 2.75) is 59.3 Å². The van der Waals surface area contributed by atoms with E-state index < -0.39 is 0 Å². The molecular formula is C19H28N2O. The van der Waals surface area contributed by atoms with E-state index in [4.69, 9.17) is 0 Å². The molecule has 0 unspecified atom stereocenters. The van der Waals surface area contributed by atoms with Gasteiger partial charge in [-0.15, -0.1) is 0 Å². The predicted octanol–water partition coefficient (Wildman–Crippen LogP) is 4.70. The molecule has 0 bridgehead atoms. The van der Waals surface area contributed by atoms with Gasteiger partial charge < -0.3 is 5.11 Å². The average molecular weight is 300 g/mol. The van der Waals surface area contributed by atoms with Gasteiger partial charge in [0.15, 0.2) is 5.75 Å². The molecular weight excluding hydrogens is 272 g/mol. The fourth-order valence-electron chi connectivity index (χ4n) is 2.42. The van der Waals surface area contributed by atoms with Crippen LogP contribution in [0.1, 0.15) is 58.4 Å². The lowest BCUT2D eigenvalue weighted by Gasteiger charge is -2.26. The second-order valence-electron chi connectivity index (χ2n) is 8.21. The quantitative estimate of drug-likeness (QED) is 0.829. The molecule has 120 valence electrons. The Labute approximate surface area is 134 Å². The van der Waals surface area contributed by atoms with Crippen molar-refractivity contribution in [3.8, 4) is 17.0 Å². The molecule has 0 aliphatic heterocycles. The van der Waals surface area contributed by atoms with Crippen molar-refractivity contribution < 1.29 is 5.11 Å². The smallest absolute Gasteiger partial charge is 0.164 e. The second kappa shape index (κ2) is 5.15. The highest BCUT2D eigenvalue weighted by atomic mass is 16.3. The maximum Gasteiger partial charge on any atom is 0.164 e.